The first kappa shape index (κ1) is 20.4. The van der Waals surface area contributed by atoms with Crippen molar-refractivity contribution in [2.24, 2.45) is 5.41 Å². The fourth-order valence-corrected chi connectivity index (χ4v) is 4.20. The van der Waals surface area contributed by atoms with Crippen LogP contribution in [0.15, 0.2) is 35.1 Å². The Bertz CT molecular complexity index is 876. The van der Waals surface area contributed by atoms with Gasteiger partial charge in [-0.3, -0.25) is 9.36 Å². The molecule has 0 fully saturated rings. The SMILES string of the molecule is CCc1cc(=O)nc2n1C[C@@H](COc1ccc(C(C)(C)CC(C)(C)C)cc1)O2. The van der Waals surface area contributed by atoms with Gasteiger partial charge in [-0.15, -0.1) is 0 Å². The molecule has 2 aromatic rings. The molecule has 5 heteroatoms. The van der Waals surface area contributed by atoms with Crippen LogP contribution in [-0.2, 0) is 18.4 Å². The van der Waals surface area contributed by atoms with Crippen LogP contribution in [0.4, 0.5) is 0 Å². The molecule has 5 nitrogen and oxygen atoms in total. The summed E-state index contributed by atoms with van der Waals surface area (Å²) in [6.07, 6.45) is 1.74. The van der Waals surface area contributed by atoms with E-state index in [1.54, 1.807) is 6.07 Å². The third-order valence-corrected chi connectivity index (χ3v) is 5.14. The lowest BCUT2D eigenvalue weighted by Gasteiger charge is -2.33. The summed E-state index contributed by atoms with van der Waals surface area (Å²) in [7, 11) is 0. The molecule has 0 N–H and O–H groups in total. The third kappa shape index (κ3) is 4.75. The summed E-state index contributed by atoms with van der Waals surface area (Å²) >= 11 is 0. The standard InChI is InChI=1S/C23H32N2O3/c1-7-17-12-20(26)24-21-25(17)13-19(28-21)14-27-18-10-8-16(9-11-18)23(5,6)15-22(2,3)4/h8-12,19H,7,13-15H2,1-6H3/t19-/m0/s1. The summed E-state index contributed by atoms with van der Waals surface area (Å²) < 4.78 is 13.7. The number of hydrogen-bond acceptors (Lipinski definition) is 4. The zero-order chi connectivity index (χ0) is 20.5. The van der Waals surface area contributed by atoms with Gasteiger partial charge in [0.05, 0.1) is 6.54 Å². The maximum Gasteiger partial charge on any atom is 0.300 e. The lowest BCUT2D eigenvalue weighted by Crippen LogP contribution is -2.25. The first-order valence-electron chi connectivity index (χ1n) is 10.1. The molecule has 0 amide bonds. The molecule has 1 atom stereocenters. The molecule has 1 aromatic heterocycles. The monoisotopic (exact) mass is 384 g/mol. The third-order valence-electron chi connectivity index (χ3n) is 5.14. The largest absolute Gasteiger partial charge is 0.490 e. The number of hydrogen-bond donors (Lipinski definition) is 0. The zero-order valence-corrected chi connectivity index (χ0v) is 17.9. The van der Waals surface area contributed by atoms with Crippen molar-refractivity contribution in [3.05, 3.63) is 51.9 Å². The second kappa shape index (κ2) is 7.61. The Morgan fingerprint density at radius 2 is 1.86 bits per heavy atom. The summed E-state index contributed by atoms with van der Waals surface area (Å²) in [5.41, 5.74) is 2.40. The summed E-state index contributed by atoms with van der Waals surface area (Å²) in [4.78, 5) is 15.6. The van der Waals surface area contributed by atoms with E-state index in [0.717, 1.165) is 24.3 Å². The van der Waals surface area contributed by atoms with Gasteiger partial charge >= 0.3 is 0 Å². The number of ether oxygens (including phenoxy) is 2. The maximum absolute atomic E-state index is 11.7. The summed E-state index contributed by atoms with van der Waals surface area (Å²) in [6.45, 7) is 14.5. The van der Waals surface area contributed by atoms with Crippen molar-refractivity contribution in [1.29, 1.82) is 0 Å². The minimum Gasteiger partial charge on any atom is -0.490 e. The van der Waals surface area contributed by atoms with Gasteiger partial charge in [-0.05, 0) is 41.4 Å². The Kier molecular flexibility index (Phi) is 5.55. The highest BCUT2D eigenvalue weighted by Gasteiger charge is 2.28. The highest BCUT2D eigenvalue weighted by molar-refractivity contribution is 5.32. The highest BCUT2D eigenvalue weighted by Crippen LogP contribution is 2.36. The highest BCUT2D eigenvalue weighted by atomic mass is 16.6. The van der Waals surface area contributed by atoms with E-state index in [4.69, 9.17) is 9.47 Å². The first-order valence-corrected chi connectivity index (χ1v) is 10.1. The Balaban J connectivity index is 1.61. The first-order chi connectivity index (χ1) is 13.1. The van der Waals surface area contributed by atoms with Gasteiger partial charge in [-0.25, -0.2) is 0 Å². The molecule has 2 heterocycles. The van der Waals surface area contributed by atoms with Gasteiger partial charge in [0.1, 0.15) is 12.4 Å². The van der Waals surface area contributed by atoms with E-state index in [-0.39, 0.29) is 22.5 Å². The fraction of sp³-hybridized carbons (Fsp3) is 0.565. The molecule has 152 valence electrons. The van der Waals surface area contributed by atoms with E-state index in [0.29, 0.717) is 19.2 Å². The molecule has 0 unspecified atom stereocenters. The molecule has 28 heavy (non-hydrogen) atoms. The predicted molar refractivity (Wildman–Crippen MR) is 111 cm³/mol. The van der Waals surface area contributed by atoms with E-state index in [9.17, 15) is 4.79 Å². The quantitative estimate of drug-likeness (QED) is 0.743. The normalized spacial score (nSPS) is 16.6. The predicted octanol–water partition coefficient (Wildman–Crippen LogP) is 4.36. The van der Waals surface area contributed by atoms with Crippen molar-refractivity contribution >= 4 is 0 Å². The maximum atomic E-state index is 11.7. The Morgan fingerprint density at radius 1 is 1.18 bits per heavy atom. The van der Waals surface area contributed by atoms with Gasteiger partial charge in [0.2, 0.25) is 0 Å². The molecule has 1 aliphatic heterocycles. The number of fused-ring (bicyclic) bond motifs is 1. The molecule has 0 aliphatic carbocycles. The van der Waals surface area contributed by atoms with Crippen molar-refractivity contribution in [3.8, 4) is 11.8 Å². The number of benzene rings is 1. The minimum absolute atomic E-state index is 0.113. The number of aryl methyl sites for hydroxylation is 1. The van der Waals surface area contributed by atoms with Gasteiger partial charge in [0.25, 0.3) is 11.6 Å². The van der Waals surface area contributed by atoms with Crippen molar-refractivity contribution < 1.29 is 9.47 Å². The molecule has 0 spiro atoms. The molecular weight excluding hydrogens is 352 g/mol. The van der Waals surface area contributed by atoms with Gasteiger partial charge in [-0.1, -0.05) is 53.7 Å². The molecule has 1 aliphatic rings. The second-order valence-electron chi connectivity index (χ2n) is 9.53. The van der Waals surface area contributed by atoms with Gasteiger partial charge in [0, 0.05) is 11.8 Å². The van der Waals surface area contributed by atoms with Crippen molar-refractivity contribution in [2.75, 3.05) is 6.61 Å². The van der Waals surface area contributed by atoms with Crippen molar-refractivity contribution in [2.45, 2.75) is 72.4 Å². The molecule has 3 rings (SSSR count). The van der Waals surface area contributed by atoms with Gasteiger partial charge < -0.3 is 9.47 Å². The smallest absolute Gasteiger partial charge is 0.300 e. The van der Waals surface area contributed by atoms with Gasteiger partial charge in [-0.2, -0.15) is 4.98 Å². The summed E-state index contributed by atoms with van der Waals surface area (Å²) in [5, 5.41) is 0. The van der Waals surface area contributed by atoms with E-state index < -0.39 is 0 Å². The van der Waals surface area contributed by atoms with Crippen LogP contribution in [0.25, 0.3) is 0 Å². The van der Waals surface area contributed by atoms with Crippen LogP contribution in [0.3, 0.4) is 0 Å². The topological polar surface area (TPSA) is 53.4 Å². The van der Waals surface area contributed by atoms with E-state index in [1.165, 1.54) is 5.56 Å². The van der Waals surface area contributed by atoms with E-state index in [1.807, 2.05) is 23.6 Å². The number of nitrogens with zero attached hydrogens (tertiary/aromatic N) is 2. The van der Waals surface area contributed by atoms with Crippen LogP contribution in [0.5, 0.6) is 11.8 Å². The minimum atomic E-state index is -0.252. The van der Waals surface area contributed by atoms with Crippen LogP contribution in [0, 0.1) is 5.41 Å². The Morgan fingerprint density at radius 3 is 2.46 bits per heavy atom. The number of rotatable bonds is 6. The fourth-order valence-electron chi connectivity index (χ4n) is 4.20. The lowest BCUT2D eigenvalue weighted by atomic mass is 9.72. The summed E-state index contributed by atoms with van der Waals surface area (Å²) in [5.74, 6) is 0.827. The van der Waals surface area contributed by atoms with Crippen molar-refractivity contribution in [1.82, 2.24) is 9.55 Å². The summed E-state index contributed by atoms with van der Waals surface area (Å²) in [6, 6.07) is 10.3. The lowest BCUT2D eigenvalue weighted by molar-refractivity contribution is 0.143. The van der Waals surface area contributed by atoms with Crippen LogP contribution >= 0.6 is 0 Å². The molecule has 0 saturated heterocycles. The van der Waals surface area contributed by atoms with Crippen LogP contribution in [-0.4, -0.2) is 22.3 Å². The van der Waals surface area contributed by atoms with Gasteiger partial charge in [0.15, 0.2) is 6.10 Å². The van der Waals surface area contributed by atoms with Crippen LogP contribution in [0.1, 0.15) is 59.2 Å². The number of aromatic nitrogens is 2. The molecule has 0 saturated carbocycles. The van der Waals surface area contributed by atoms with E-state index >= 15 is 0 Å². The second-order valence-corrected chi connectivity index (χ2v) is 9.53. The van der Waals surface area contributed by atoms with Crippen LogP contribution < -0.4 is 15.0 Å². The Hall–Kier alpha value is -2.30. The van der Waals surface area contributed by atoms with E-state index in [2.05, 4.69) is 51.7 Å². The van der Waals surface area contributed by atoms with Crippen LogP contribution in [0.2, 0.25) is 0 Å². The average Bonchev–Trinajstić information content (AvgIpc) is 3.00. The molecule has 0 radical (unpaired) electrons. The molecular formula is C23H32N2O3. The molecule has 0 bridgehead atoms. The van der Waals surface area contributed by atoms with Crippen molar-refractivity contribution in [3.63, 3.8) is 0 Å². The molecule has 1 aromatic carbocycles. The zero-order valence-electron chi connectivity index (χ0n) is 17.9. The Labute approximate surface area is 167 Å². The average molecular weight is 385 g/mol.